The van der Waals surface area contributed by atoms with Gasteiger partial charge in [0, 0.05) is 10.7 Å². The van der Waals surface area contributed by atoms with Gasteiger partial charge in [-0.05, 0) is 35.8 Å². The Morgan fingerprint density at radius 2 is 2.29 bits per heavy atom. The predicted molar refractivity (Wildman–Crippen MR) is 57.5 cm³/mol. The van der Waals surface area contributed by atoms with Crippen LogP contribution < -0.4 is 0 Å². The smallest absolute Gasteiger partial charge is 0.342 e. The Bertz CT molecular complexity index is 334. The van der Waals surface area contributed by atoms with Gasteiger partial charge in [0.05, 0.1) is 6.10 Å². The number of carbonyl (C=O) groups is 1. The zero-order valence-corrected chi connectivity index (χ0v) is 10.1. The first-order valence-electron chi connectivity index (χ1n) is 4.03. The van der Waals surface area contributed by atoms with Gasteiger partial charge in [0.2, 0.25) is 0 Å². The van der Waals surface area contributed by atoms with Crippen LogP contribution in [0.3, 0.4) is 0 Å². The summed E-state index contributed by atoms with van der Waals surface area (Å²) in [5.74, 6) is -0.468. The maximum Gasteiger partial charge on any atom is 0.342 e. The van der Waals surface area contributed by atoms with E-state index in [0.717, 1.165) is 0 Å². The molecule has 0 aromatic carbocycles. The van der Waals surface area contributed by atoms with Gasteiger partial charge < -0.3 is 4.74 Å². The lowest BCUT2D eigenvalue weighted by Crippen LogP contribution is -2.13. The minimum Gasteiger partial charge on any atom is -0.459 e. The van der Waals surface area contributed by atoms with Crippen molar-refractivity contribution in [3.8, 4) is 0 Å². The van der Waals surface area contributed by atoms with Gasteiger partial charge in [-0.25, -0.2) is 9.78 Å². The molecule has 3 nitrogen and oxygen atoms in total. The normalized spacial score (nSPS) is 10.4. The number of hydrogen-bond acceptors (Lipinski definition) is 3. The summed E-state index contributed by atoms with van der Waals surface area (Å²) >= 11 is 8.98. The Hall–Kier alpha value is -0.610. The molecule has 1 aromatic heterocycles. The van der Waals surface area contributed by atoms with E-state index >= 15 is 0 Å². The SMILES string of the molecule is CC(C)OC(=O)c1c(Br)ccnc1Cl. The number of esters is 1. The Morgan fingerprint density at radius 3 is 2.79 bits per heavy atom. The van der Waals surface area contributed by atoms with E-state index in [1.54, 1.807) is 19.9 Å². The van der Waals surface area contributed by atoms with Gasteiger partial charge in [-0.2, -0.15) is 0 Å². The molecule has 0 bridgehead atoms. The lowest BCUT2D eigenvalue weighted by molar-refractivity contribution is 0.0376. The molecule has 5 heteroatoms. The van der Waals surface area contributed by atoms with Crippen molar-refractivity contribution in [3.05, 3.63) is 27.5 Å². The third-order valence-corrected chi connectivity index (χ3v) is 2.35. The second kappa shape index (κ2) is 4.75. The molecule has 0 radical (unpaired) electrons. The summed E-state index contributed by atoms with van der Waals surface area (Å²) in [7, 11) is 0. The summed E-state index contributed by atoms with van der Waals surface area (Å²) in [6, 6.07) is 1.64. The van der Waals surface area contributed by atoms with Crippen molar-refractivity contribution in [2.24, 2.45) is 0 Å². The van der Waals surface area contributed by atoms with Gasteiger partial charge in [-0.3, -0.25) is 0 Å². The third-order valence-electron chi connectivity index (χ3n) is 1.40. The molecular weight excluding hydrogens is 269 g/mol. The first-order valence-corrected chi connectivity index (χ1v) is 5.20. The van der Waals surface area contributed by atoms with Crippen molar-refractivity contribution in [2.75, 3.05) is 0 Å². The number of aromatic nitrogens is 1. The van der Waals surface area contributed by atoms with Crippen LogP contribution >= 0.6 is 27.5 Å². The highest BCUT2D eigenvalue weighted by atomic mass is 79.9. The summed E-state index contributed by atoms with van der Waals surface area (Å²) in [4.78, 5) is 15.3. The molecular formula is C9H9BrClNO2. The van der Waals surface area contributed by atoms with Crippen LogP contribution in [0.25, 0.3) is 0 Å². The number of nitrogens with zero attached hydrogens (tertiary/aromatic N) is 1. The Morgan fingerprint density at radius 1 is 1.64 bits per heavy atom. The molecule has 0 aliphatic heterocycles. The van der Waals surface area contributed by atoms with E-state index in [-0.39, 0.29) is 16.8 Å². The van der Waals surface area contributed by atoms with Gasteiger partial charge in [0.1, 0.15) is 10.7 Å². The van der Waals surface area contributed by atoms with E-state index in [4.69, 9.17) is 16.3 Å². The summed E-state index contributed by atoms with van der Waals surface area (Å²) < 4.78 is 5.59. The van der Waals surface area contributed by atoms with Crippen LogP contribution in [-0.2, 0) is 4.74 Å². The van der Waals surface area contributed by atoms with Crippen LogP contribution in [0.2, 0.25) is 5.15 Å². The molecule has 76 valence electrons. The quantitative estimate of drug-likeness (QED) is 0.616. The standard InChI is InChI=1S/C9H9BrClNO2/c1-5(2)14-9(13)7-6(10)3-4-12-8(7)11/h3-5H,1-2H3. The lowest BCUT2D eigenvalue weighted by atomic mass is 10.3. The first-order chi connectivity index (χ1) is 6.52. The minimum absolute atomic E-state index is 0.144. The molecule has 0 spiro atoms. The van der Waals surface area contributed by atoms with E-state index in [1.807, 2.05) is 0 Å². The van der Waals surface area contributed by atoms with Crippen LogP contribution in [-0.4, -0.2) is 17.1 Å². The molecule has 0 amide bonds. The molecule has 0 atom stereocenters. The molecule has 1 aromatic rings. The zero-order chi connectivity index (χ0) is 10.7. The van der Waals surface area contributed by atoms with Crippen LogP contribution in [0, 0.1) is 0 Å². The van der Waals surface area contributed by atoms with E-state index in [1.165, 1.54) is 6.20 Å². The molecule has 0 unspecified atom stereocenters. The average molecular weight is 279 g/mol. The van der Waals surface area contributed by atoms with E-state index in [9.17, 15) is 4.79 Å². The Kier molecular flexibility index (Phi) is 3.89. The first kappa shape index (κ1) is 11.5. The van der Waals surface area contributed by atoms with Gasteiger partial charge in [-0.1, -0.05) is 11.6 Å². The summed E-state index contributed by atoms with van der Waals surface area (Å²) in [6.07, 6.45) is 1.34. The fourth-order valence-electron chi connectivity index (χ4n) is 0.869. The fraction of sp³-hybridized carbons (Fsp3) is 0.333. The largest absolute Gasteiger partial charge is 0.459 e. The van der Waals surface area contributed by atoms with Crippen LogP contribution in [0.15, 0.2) is 16.7 Å². The fourth-order valence-corrected chi connectivity index (χ4v) is 1.69. The van der Waals surface area contributed by atoms with Crippen molar-refractivity contribution < 1.29 is 9.53 Å². The number of carbonyl (C=O) groups excluding carboxylic acids is 1. The maximum absolute atomic E-state index is 11.5. The average Bonchev–Trinajstić information content (AvgIpc) is 2.01. The number of halogens is 2. The van der Waals surface area contributed by atoms with Crippen LogP contribution in [0.5, 0.6) is 0 Å². The van der Waals surface area contributed by atoms with Gasteiger partial charge in [0.25, 0.3) is 0 Å². The monoisotopic (exact) mass is 277 g/mol. The molecule has 0 aliphatic carbocycles. The number of hydrogen-bond donors (Lipinski definition) is 0. The molecule has 0 N–H and O–H groups in total. The summed E-state index contributed by atoms with van der Waals surface area (Å²) in [6.45, 7) is 3.55. The number of ether oxygens (including phenoxy) is 1. The number of pyridine rings is 1. The third kappa shape index (κ3) is 2.69. The highest BCUT2D eigenvalue weighted by molar-refractivity contribution is 9.10. The van der Waals surface area contributed by atoms with Gasteiger partial charge >= 0.3 is 5.97 Å². The minimum atomic E-state index is -0.468. The molecule has 1 heterocycles. The van der Waals surface area contributed by atoms with Gasteiger partial charge in [-0.15, -0.1) is 0 Å². The molecule has 0 saturated carbocycles. The van der Waals surface area contributed by atoms with Gasteiger partial charge in [0.15, 0.2) is 0 Å². The maximum atomic E-state index is 11.5. The summed E-state index contributed by atoms with van der Waals surface area (Å²) in [5.41, 5.74) is 0.267. The Balaban J connectivity index is 3.00. The molecule has 0 aliphatic rings. The van der Waals surface area contributed by atoms with Crippen molar-refractivity contribution in [2.45, 2.75) is 20.0 Å². The van der Waals surface area contributed by atoms with Crippen molar-refractivity contribution in [1.82, 2.24) is 4.98 Å². The lowest BCUT2D eigenvalue weighted by Gasteiger charge is -2.09. The van der Waals surface area contributed by atoms with Crippen LogP contribution in [0.1, 0.15) is 24.2 Å². The summed E-state index contributed by atoms with van der Waals surface area (Å²) in [5, 5.41) is 0.144. The predicted octanol–water partition coefficient (Wildman–Crippen LogP) is 3.06. The Labute approximate surface area is 95.6 Å². The highest BCUT2D eigenvalue weighted by Gasteiger charge is 2.17. The van der Waals surface area contributed by atoms with Crippen LogP contribution in [0.4, 0.5) is 0 Å². The van der Waals surface area contributed by atoms with E-state index in [2.05, 4.69) is 20.9 Å². The van der Waals surface area contributed by atoms with Crippen molar-refractivity contribution in [3.63, 3.8) is 0 Å². The number of rotatable bonds is 2. The van der Waals surface area contributed by atoms with E-state index < -0.39 is 5.97 Å². The van der Waals surface area contributed by atoms with Crippen molar-refractivity contribution >= 4 is 33.5 Å². The second-order valence-electron chi connectivity index (χ2n) is 2.91. The topological polar surface area (TPSA) is 39.2 Å². The van der Waals surface area contributed by atoms with Crippen molar-refractivity contribution in [1.29, 1.82) is 0 Å². The molecule has 0 saturated heterocycles. The van der Waals surface area contributed by atoms with E-state index in [0.29, 0.717) is 4.47 Å². The molecule has 14 heavy (non-hydrogen) atoms. The highest BCUT2D eigenvalue weighted by Crippen LogP contribution is 2.23. The second-order valence-corrected chi connectivity index (χ2v) is 4.12. The zero-order valence-electron chi connectivity index (χ0n) is 7.75. The molecule has 1 rings (SSSR count). The molecule has 0 fully saturated rings.